The van der Waals surface area contributed by atoms with Crippen LogP contribution in [0.25, 0.3) is 5.76 Å². The van der Waals surface area contributed by atoms with Crippen molar-refractivity contribution >= 4 is 35.9 Å². The van der Waals surface area contributed by atoms with Gasteiger partial charge in [0.2, 0.25) is 5.71 Å². The van der Waals surface area contributed by atoms with Crippen LogP contribution in [0.3, 0.4) is 0 Å². The van der Waals surface area contributed by atoms with Crippen LogP contribution in [-0.2, 0) is 17.6 Å². The van der Waals surface area contributed by atoms with E-state index in [1.54, 1.807) is 61.5 Å². The largest absolute Gasteiger partial charge is 0.506 e. The fraction of sp³-hybridized carbons (Fsp3) is 0.200. The molecule has 0 atom stereocenters. The van der Waals surface area contributed by atoms with Crippen LogP contribution < -0.4 is 10.2 Å². The Balaban J connectivity index is 2.41. The fourth-order valence-electron chi connectivity index (χ4n) is 2.50. The van der Waals surface area contributed by atoms with E-state index in [1.165, 1.54) is 4.09 Å². The molecule has 0 amide bonds. The fourth-order valence-corrected chi connectivity index (χ4v) is 2.83. The van der Waals surface area contributed by atoms with Crippen molar-refractivity contribution in [3.63, 3.8) is 0 Å². The van der Waals surface area contributed by atoms with E-state index in [9.17, 15) is 15.0 Å². The number of hydrogen-bond acceptors (Lipinski definition) is 5. The Labute approximate surface area is 163 Å². The van der Waals surface area contributed by atoms with Crippen molar-refractivity contribution in [3.8, 4) is 5.75 Å². The Morgan fingerprint density at radius 1 is 1.07 bits per heavy atom. The number of anilines is 1. The van der Waals surface area contributed by atoms with Gasteiger partial charge in [0.25, 0.3) is 0 Å². The summed E-state index contributed by atoms with van der Waals surface area (Å²) in [5, 5.41) is 20.2. The summed E-state index contributed by atoms with van der Waals surface area (Å²) in [4.78, 5) is 11.8. The quantitative estimate of drug-likeness (QED) is 0.160. The lowest BCUT2D eigenvalue weighted by Gasteiger charge is -2.14. The summed E-state index contributed by atoms with van der Waals surface area (Å²) in [5.41, 5.74) is 4.06. The van der Waals surface area contributed by atoms with Crippen molar-refractivity contribution in [1.29, 1.82) is 0 Å². The summed E-state index contributed by atoms with van der Waals surface area (Å²) in [6, 6.07) is 15.6. The minimum Gasteiger partial charge on any atom is -0.506 e. The maximum Gasteiger partial charge on any atom is 0.346 e. The molecule has 0 unspecified atom stereocenters. The maximum atomic E-state index is 11.8. The van der Waals surface area contributed by atoms with Gasteiger partial charge in [0.15, 0.2) is 5.57 Å². The van der Waals surface area contributed by atoms with E-state index in [4.69, 9.17) is 17.6 Å². The Kier molecular flexibility index (Phi) is 7.19. The number of benzene rings is 2. The lowest BCUT2D eigenvalue weighted by molar-refractivity contribution is -0.305. The van der Waals surface area contributed by atoms with Gasteiger partial charge in [-0.05, 0) is 31.2 Å². The SMILES string of the molecule is CCOc1ccc(N[N+]([S-])=C(CC)C(C(=O)O)=C(O)c2ccccc2)cc1. The second kappa shape index (κ2) is 9.59. The van der Waals surface area contributed by atoms with Crippen molar-refractivity contribution in [2.75, 3.05) is 12.0 Å². The second-order valence-corrected chi connectivity index (χ2v) is 5.92. The molecule has 7 heteroatoms. The van der Waals surface area contributed by atoms with Crippen LogP contribution in [0.5, 0.6) is 5.75 Å². The van der Waals surface area contributed by atoms with Crippen LogP contribution in [0.1, 0.15) is 25.8 Å². The Morgan fingerprint density at radius 3 is 2.22 bits per heavy atom. The number of hydrogen-bond donors (Lipinski definition) is 3. The average Bonchev–Trinajstić information content (AvgIpc) is 2.67. The van der Waals surface area contributed by atoms with Crippen LogP contribution in [0.2, 0.25) is 0 Å². The first kappa shape index (κ1) is 20.3. The van der Waals surface area contributed by atoms with E-state index in [0.717, 1.165) is 5.75 Å². The lowest BCUT2D eigenvalue weighted by atomic mass is 10.0. The molecule has 142 valence electrons. The van der Waals surface area contributed by atoms with Crippen LogP contribution >= 0.6 is 0 Å². The van der Waals surface area contributed by atoms with Crippen LogP contribution in [0.15, 0.2) is 60.2 Å². The summed E-state index contributed by atoms with van der Waals surface area (Å²) in [7, 11) is 0. The smallest absolute Gasteiger partial charge is 0.346 e. The number of nitrogens with one attached hydrogen (secondary N) is 1. The number of nitrogens with zero attached hydrogens (tertiary/aromatic N) is 1. The standard InChI is InChI=1S/C20H22N2O4S/c1-3-17(18(20(24)25)19(23)14-8-6-5-7-9-14)22(27)21-15-10-12-16(13-11-15)26-4-2/h5-13,21,23H,3-4H2,1-2H3,(H,24,25). The van der Waals surface area contributed by atoms with E-state index in [0.29, 0.717) is 24.3 Å². The number of carboxylic acids is 1. The summed E-state index contributed by atoms with van der Waals surface area (Å²) in [6.07, 6.45) is 0.312. The number of carboxylic acid groups (broad SMARTS) is 1. The summed E-state index contributed by atoms with van der Waals surface area (Å²) in [6.45, 7) is 4.24. The van der Waals surface area contributed by atoms with Gasteiger partial charge in [-0.2, -0.15) is 5.43 Å². The first-order chi connectivity index (χ1) is 13.0. The molecule has 2 aromatic rings. The molecule has 0 spiro atoms. The number of rotatable bonds is 8. The van der Waals surface area contributed by atoms with E-state index >= 15 is 0 Å². The molecule has 0 aliphatic rings. The molecule has 0 radical (unpaired) electrons. The van der Waals surface area contributed by atoms with Gasteiger partial charge in [0, 0.05) is 12.0 Å². The van der Waals surface area contributed by atoms with Crippen molar-refractivity contribution in [3.05, 3.63) is 65.7 Å². The number of aliphatic carboxylic acids is 1. The molecule has 0 aliphatic carbocycles. The van der Waals surface area contributed by atoms with Gasteiger partial charge in [0.1, 0.15) is 11.5 Å². The molecular formula is C20H22N2O4S. The summed E-state index contributed by atoms with van der Waals surface area (Å²) in [5.74, 6) is -0.855. The van der Waals surface area contributed by atoms with Crippen LogP contribution in [-0.4, -0.2) is 32.6 Å². The summed E-state index contributed by atoms with van der Waals surface area (Å²) >= 11 is 5.33. The second-order valence-electron chi connectivity index (χ2n) is 5.56. The van der Waals surface area contributed by atoms with Crippen molar-refractivity contribution in [2.24, 2.45) is 0 Å². The third-order valence-corrected chi connectivity index (χ3v) is 4.07. The molecule has 0 aliphatic heterocycles. The Hall–Kier alpha value is -3.06. The predicted octanol–water partition coefficient (Wildman–Crippen LogP) is 3.79. The van der Waals surface area contributed by atoms with E-state index in [1.807, 2.05) is 6.92 Å². The van der Waals surface area contributed by atoms with Gasteiger partial charge in [-0.25, -0.2) is 8.88 Å². The first-order valence-electron chi connectivity index (χ1n) is 8.52. The Morgan fingerprint density at radius 2 is 1.70 bits per heavy atom. The third-order valence-electron chi connectivity index (χ3n) is 3.76. The molecule has 0 saturated carbocycles. The number of aliphatic hydroxyl groups excluding tert-OH is 1. The van der Waals surface area contributed by atoms with E-state index in [-0.39, 0.29) is 17.0 Å². The average molecular weight is 386 g/mol. The zero-order chi connectivity index (χ0) is 19.8. The minimum atomic E-state index is -1.25. The summed E-state index contributed by atoms with van der Waals surface area (Å²) < 4.78 is 6.59. The normalized spacial score (nSPS) is 12.7. The molecule has 6 nitrogen and oxygen atoms in total. The molecule has 27 heavy (non-hydrogen) atoms. The van der Waals surface area contributed by atoms with E-state index in [2.05, 4.69) is 5.43 Å². The predicted molar refractivity (Wildman–Crippen MR) is 108 cm³/mol. The molecular weight excluding hydrogens is 364 g/mol. The van der Waals surface area contributed by atoms with Gasteiger partial charge in [-0.3, -0.25) is 0 Å². The van der Waals surface area contributed by atoms with Crippen molar-refractivity contribution < 1.29 is 23.8 Å². The van der Waals surface area contributed by atoms with Crippen molar-refractivity contribution in [2.45, 2.75) is 20.3 Å². The highest BCUT2D eigenvalue weighted by atomic mass is 32.1. The first-order valence-corrected chi connectivity index (χ1v) is 8.89. The third kappa shape index (κ3) is 5.21. The lowest BCUT2D eigenvalue weighted by Crippen LogP contribution is -2.27. The molecule has 0 bridgehead atoms. The van der Waals surface area contributed by atoms with Gasteiger partial charge in [0.05, 0.1) is 12.3 Å². The molecule has 2 aromatic carbocycles. The number of aliphatic hydroxyl groups is 1. The highest BCUT2D eigenvalue weighted by Crippen LogP contribution is 2.20. The zero-order valence-electron chi connectivity index (χ0n) is 15.2. The molecule has 0 saturated heterocycles. The molecule has 3 N–H and O–H groups in total. The van der Waals surface area contributed by atoms with Crippen LogP contribution in [0, 0.1) is 0 Å². The highest BCUT2D eigenvalue weighted by Gasteiger charge is 2.26. The van der Waals surface area contributed by atoms with Crippen LogP contribution in [0.4, 0.5) is 5.69 Å². The zero-order valence-corrected chi connectivity index (χ0v) is 16.0. The maximum absolute atomic E-state index is 11.8. The molecule has 0 fully saturated rings. The minimum absolute atomic E-state index is 0.239. The molecule has 2 rings (SSSR count). The monoisotopic (exact) mass is 386 g/mol. The van der Waals surface area contributed by atoms with Gasteiger partial charge < -0.3 is 27.8 Å². The molecule has 0 aromatic heterocycles. The van der Waals surface area contributed by atoms with Gasteiger partial charge in [-0.1, -0.05) is 37.3 Å². The molecule has 0 heterocycles. The number of hydrazine groups is 1. The van der Waals surface area contributed by atoms with Crippen molar-refractivity contribution in [1.82, 2.24) is 0 Å². The number of hydrazone groups is 1. The topological polar surface area (TPSA) is 81.8 Å². The number of carbonyl (C=O) groups is 1. The van der Waals surface area contributed by atoms with Gasteiger partial charge >= 0.3 is 5.97 Å². The highest BCUT2D eigenvalue weighted by molar-refractivity contribution is 7.51. The Bertz CT molecular complexity index is 846. The van der Waals surface area contributed by atoms with E-state index < -0.39 is 5.97 Å². The number of ether oxygens (including phenoxy) is 1. The van der Waals surface area contributed by atoms with Gasteiger partial charge in [-0.15, -0.1) is 0 Å².